The van der Waals surface area contributed by atoms with E-state index in [1.54, 1.807) is 14.1 Å². The molecule has 0 aliphatic rings. The predicted molar refractivity (Wildman–Crippen MR) is 73.9 cm³/mol. The number of hydrogen-bond donors (Lipinski definition) is 2. The molecule has 2 amide bonds. The summed E-state index contributed by atoms with van der Waals surface area (Å²) in [5.41, 5.74) is 1.59. The van der Waals surface area contributed by atoms with E-state index in [0.29, 0.717) is 5.82 Å². The van der Waals surface area contributed by atoms with Crippen LogP contribution in [-0.4, -0.2) is 40.2 Å². The summed E-state index contributed by atoms with van der Waals surface area (Å²) in [7, 11) is 3.39. The third kappa shape index (κ3) is 3.09. The first kappa shape index (κ1) is 13.1. The van der Waals surface area contributed by atoms with Gasteiger partial charge in [0.2, 0.25) is 0 Å². The number of aromatic amines is 1. The van der Waals surface area contributed by atoms with Gasteiger partial charge < -0.3 is 10.2 Å². The Balaban J connectivity index is 2.21. The summed E-state index contributed by atoms with van der Waals surface area (Å²) in [6.07, 6.45) is 0.810. The topological polar surface area (TPSA) is 73.9 Å². The van der Waals surface area contributed by atoms with Gasteiger partial charge in [0.05, 0.1) is 0 Å². The second-order valence-electron chi connectivity index (χ2n) is 4.36. The highest BCUT2D eigenvalue weighted by Gasteiger charge is 2.08. The molecule has 0 saturated heterocycles. The largest absolute Gasteiger partial charge is 0.331 e. The number of benzene rings is 1. The van der Waals surface area contributed by atoms with Crippen molar-refractivity contribution in [1.82, 2.24) is 20.1 Å². The highest BCUT2D eigenvalue weighted by atomic mass is 16.2. The van der Waals surface area contributed by atoms with Gasteiger partial charge in [0.25, 0.3) is 0 Å². The number of hydrogen-bond acceptors (Lipinski definition) is 3. The number of H-pyrrole nitrogens is 1. The van der Waals surface area contributed by atoms with Gasteiger partial charge in [0.1, 0.15) is 5.82 Å². The van der Waals surface area contributed by atoms with Gasteiger partial charge in [0, 0.05) is 31.8 Å². The van der Waals surface area contributed by atoms with Gasteiger partial charge in [-0.25, -0.2) is 9.78 Å². The molecule has 6 heteroatoms. The van der Waals surface area contributed by atoms with Crippen molar-refractivity contribution in [2.45, 2.75) is 13.3 Å². The fourth-order valence-electron chi connectivity index (χ4n) is 1.55. The van der Waals surface area contributed by atoms with E-state index in [-0.39, 0.29) is 6.03 Å². The Morgan fingerprint density at radius 2 is 2.21 bits per heavy atom. The molecule has 1 heterocycles. The number of nitrogens with zero attached hydrogens (tertiary/aromatic N) is 3. The van der Waals surface area contributed by atoms with Crippen molar-refractivity contribution in [3.05, 3.63) is 30.1 Å². The standard InChI is InChI=1S/C13H17N5O/c1-4-11-15-12(17-16-11)9-6-5-7-10(8-9)14-13(19)18(2)3/h5-8H,4H2,1-3H3,(H,14,19)(H,15,16,17). The van der Waals surface area contributed by atoms with Gasteiger partial charge in [0.15, 0.2) is 5.82 Å². The summed E-state index contributed by atoms with van der Waals surface area (Å²) >= 11 is 0. The fourth-order valence-corrected chi connectivity index (χ4v) is 1.55. The summed E-state index contributed by atoms with van der Waals surface area (Å²) in [5.74, 6) is 1.48. The Hall–Kier alpha value is -2.37. The summed E-state index contributed by atoms with van der Waals surface area (Å²) in [4.78, 5) is 17.4. The number of carbonyl (C=O) groups excluding carboxylic acids is 1. The third-order valence-corrected chi connectivity index (χ3v) is 2.64. The van der Waals surface area contributed by atoms with E-state index < -0.39 is 0 Å². The summed E-state index contributed by atoms with van der Waals surface area (Å²) < 4.78 is 0. The van der Waals surface area contributed by atoms with E-state index >= 15 is 0 Å². The Bertz CT molecular complexity index is 576. The van der Waals surface area contributed by atoms with E-state index in [1.165, 1.54) is 4.90 Å². The van der Waals surface area contributed by atoms with Crippen LogP contribution in [0.1, 0.15) is 12.7 Å². The summed E-state index contributed by atoms with van der Waals surface area (Å²) in [6.45, 7) is 2.01. The van der Waals surface area contributed by atoms with Gasteiger partial charge in [-0.1, -0.05) is 19.1 Å². The Kier molecular flexibility index (Phi) is 3.79. The monoisotopic (exact) mass is 259 g/mol. The first-order valence-corrected chi connectivity index (χ1v) is 6.10. The molecule has 2 rings (SSSR count). The molecule has 0 spiro atoms. The van der Waals surface area contributed by atoms with Gasteiger partial charge in [-0.05, 0) is 12.1 Å². The molecule has 0 saturated carbocycles. The predicted octanol–water partition coefficient (Wildman–Crippen LogP) is 2.13. The zero-order chi connectivity index (χ0) is 13.8. The molecule has 1 aromatic heterocycles. The van der Waals surface area contributed by atoms with Crippen LogP contribution in [0.15, 0.2) is 24.3 Å². The number of aromatic nitrogens is 3. The second-order valence-corrected chi connectivity index (χ2v) is 4.36. The number of nitrogens with one attached hydrogen (secondary N) is 2. The molecule has 0 bridgehead atoms. The van der Waals surface area contributed by atoms with Crippen molar-refractivity contribution in [2.75, 3.05) is 19.4 Å². The number of urea groups is 1. The van der Waals surface area contributed by atoms with Crippen LogP contribution in [0, 0.1) is 0 Å². The molecular weight excluding hydrogens is 242 g/mol. The fraction of sp³-hybridized carbons (Fsp3) is 0.308. The minimum absolute atomic E-state index is 0.165. The SMILES string of the molecule is CCc1nc(-c2cccc(NC(=O)N(C)C)c2)n[nH]1. The van der Waals surface area contributed by atoms with Crippen molar-refractivity contribution >= 4 is 11.7 Å². The van der Waals surface area contributed by atoms with Crippen LogP contribution in [0.25, 0.3) is 11.4 Å². The highest BCUT2D eigenvalue weighted by molar-refractivity contribution is 5.89. The number of rotatable bonds is 3. The molecule has 0 aliphatic carbocycles. The molecule has 0 radical (unpaired) electrons. The lowest BCUT2D eigenvalue weighted by molar-refractivity contribution is 0.230. The van der Waals surface area contributed by atoms with Crippen LogP contribution >= 0.6 is 0 Å². The van der Waals surface area contributed by atoms with E-state index in [0.717, 1.165) is 23.5 Å². The van der Waals surface area contributed by atoms with Crippen LogP contribution in [-0.2, 0) is 6.42 Å². The molecule has 2 N–H and O–H groups in total. The zero-order valence-corrected chi connectivity index (χ0v) is 11.3. The normalized spacial score (nSPS) is 10.3. The van der Waals surface area contributed by atoms with Gasteiger partial charge >= 0.3 is 6.03 Å². The van der Waals surface area contributed by atoms with Crippen molar-refractivity contribution in [1.29, 1.82) is 0 Å². The third-order valence-electron chi connectivity index (χ3n) is 2.64. The van der Waals surface area contributed by atoms with Gasteiger partial charge in [-0.2, -0.15) is 5.10 Å². The zero-order valence-electron chi connectivity index (χ0n) is 11.3. The molecule has 1 aromatic carbocycles. The van der Waals surface area contributed by atoms with E-state index in [1.807, 2.05) is 31.2 Å². The molecule has 19 heavy (non-hydrogen) atoms. The lowest BCUT2D eigenvalue weighted by atomic mass is 10.2. The van der Waals surface area contributed by atoms with Gasteiger partial charge in [-0.3, -0.25) is 5.10 Å². The van der Waals surface area contributed by atoms with Crippen molar-refractivity contribution in [3.8, 4) is 11.4 Å². The van der Waals surface area contributed by atoms with Crippen molar-refractivity contribution < 1.29 is 4.79 Å². The van der Waals surface area contributed by atoms with E-state index in [9.17, 15) is 4.79 Å². The van der Waals surface area contributed by atoms with E-state index in [4.69, 9.17) is 0 Å². The average Bonchev–Trinajstić information content (AvgIpc) is 2.87. The first-order chi connectivity index (χ1) is 9.10. The Labute approximate surface area is 111 Å². The summed E-state index contributed by atoms with van der Waals surface area (Å²) in [6, 6.07) is 7.29. The number of carbonyl (C=O) groups is 1. The van der Waals surface area contributed by atoms with Crippen LogP contribution in [0.4, 0.5) is 10.5 Å². The summed E-state index contributed by atoms with van der Waals surface area (Å²) in [5, 5.41) is 9.82. The molecule has 0 aliphatic heterocycles. The molecule has 0 fully saturated rings. The molecule has 0 unspecified atom stereocenters. The van der Waals surface area contributed by atoms with Gasteiger partial charge in [-0.15, -0.1) is 0 Å². The molecule has 100 valence electrons. The highest BCUT2D eigenvalue weighted by Crippen LogP contribution is 2.19. The van der Waals surface area contributed by atoms with Crippen LogP contribution in [0.2, 0.25) is 0 Å². The lowest BCUT2D eigenvalue weighted by Crippen LogP contribution is -2.27. The van der Waals surface area contributed by atoms with Crippen LogP contribution in [0.5, 0.6) is 0 Å². The van der Waals surface area contributed by atoms with Crippen molar-refractivity contribution in [3.63, 3.8) is 0 Å². The maximum atomic E-state index is 11.6. The van der Waals surface area contributed by atoms with Crippen LogP contribution in [0.3, 0.4) is 0 Å². The molecule has 0 atom stereocenters. The maximum Gasteiger partial charge on any atom is 0.321 e. The lowest BCUT2D eigenvalue weighted by Gasteiger charge is -2.12. The van der Waals surface area contributed by atoms with Crippen molar-refractivity contribution in [2.24, 2.45) is 0 Å². The smallest absolute Gasteiger partial charge is 0.321 e. The minimum atomic E-state index is -0.165. The number of anilines is 1. The molecule has 2 aromatic rings. The quantitative estimate of drug-likeness (QED) is 0.886. The minimum Gasteiger partial charge on any atom is -0.331 e. The molecular formula is C13H17N5O. The second kappa shape index (κ2) is 5.51. The maximum absolute atomic E-state index is 11.6. The Morgan fingerprint density at radius 3 is 2.84 bits per heavy atom. The molecule has 6 nitrogen and oxygen atoms in total. The van der Waals surface area contributed by atoms with E-state index in [2.05, 4.69) is 20.5 Å². The average molecular weight is 259 g/mol. The number of aryl methyl sites for hydroxylation is 1. The first-order valence-electron chi connectivity index (χ1n) is 6.10. The number of amides is 2. The Morgan fingerprint density at radius 1 is 1.42 bits per heavy atom. The van der Waals surface area contributed by atoms with Crippen LogP contribution < -0.4 is 5.32 Å².